The summed E-state index contributed by atoms with van der Waals surface area (Å²) in [4.78, 5) is 30.9. The molecule has 11 aromatic rings. The molecule has 0 fully saturated rings. The van der Waals surface area contributed by atoms with Crippen molar-refractivity contribution in [2.45, 2.75) is 109 Å². The second-order valence-corrected chi connectivity index (χ2v) is 21.7. The van der Waals surface area contributed by atoms with E-state index in [0.29, 0.717) is 0 Å². The topological polar surface area (TPSA) is 90.2 Å². The molecule has 0 aliphatic carbocycles. The Morgan fingerprint density at radius 2 is 0.671 bits per heavy atom. The van der Waals surface area contributed by atoms with Crippen LogP contribution in [0.15, 0.2) is 219 Å². The van der Waals surface area contributed by atoms with E-state index in [9.17, 15) is 0 Å². The first-order valence-electron chi connectivity index (χ1n) is 28.0. The molecule has 0 saturated carbocycles. The molecule has 0 atom stereocenters. The predicted octanol–water partition coefficient (Wildman–Crippen LogP) is 19.2. The van der Waals surface area contributed by atoms with E-state index in [1.54, 1.807) is 0 Å². The van der Waals surface area contributed by atoms with Gasteiger partial charge in [-0.25, -0.2) is 9.97 Å². The molecule has 7 nitrogen and oxygen atoms in total. The summed E-state index contributed by atoms with van der Waals surface area (Å²) in [6.07, 6.45) is 9.54. The maximum absolute atomic E-state index is 4.54. The Bertz CT molecular complexity index is 3380. The van der Waals surface area contributed by atoms with Crippen LogP contribution in [0.1, 0.15) is 93.5 Å². The molecule has 0 bridgehead atoms. The zero-order chi connectivity index (χ0) is 59.2. The van der Waals surface area contributed by atoms with Crippen LogP contribution in [-0.4, -0.2) is 34.9 Å². The third-order valence-electron chi connectivity index (χ3n) is 14.2. The van der Waals surface area contributed by atoms with Crippen molar-refractivity contribution in [2.24, 2.45) is 0 Å². The molecule has 0 spiro atoms. The molecule has 0 N–H and O–H groups in total. The largest absolute Gasteiger partial charge is 0.260 e. The summed E-state index contributed by atoms with van der Waals surface area (Å²) >= 11 is 0. The van der Waals surface area contributed by atoms with Gasteiger partial charge in [-0.3, -0.25) is 24.9 Å². The molecule has 6 heterocycles. The first-order chi connectivity index (χ1) is 39.3. The van der Waals surface area contributed by atoms with Crippen LogP contribution in [0.5, 0.6) is 0 Å². The highest BCUT2D eigenvalue weighted by atomic mass is 14.9. The molecule has 7 heteroatoms. The number of benzene rings is 5. The van der Waals surface area contributed by atoms with E-state index in [4.69, 9.17) is 0 Å². The van der Waals surface area contributed by atoms with Gasteiger partial charge in [0, 0.05) is 81.3 Å². The molecule has 82 heavy (non-hydrogen) atoms. The summed E-state index contributed by atoms with van der Waals surface area (Å²) in [6.45, 7) is 31.5. The van der Waals surface area contributed by atoms with Gasteiger partial charge in [0.1, 0.15) is 0 Å². The average molecular weight is 1080 g/mol. The minimum absolute atomic E-state index is 0.165. The van der Waals surface area contributed by atoms with E-state index >= 15 is 0 Å². The van der Waals surface area contributed by atoms with Crippen molar-refractivity contribution in [3.05, 3.63) is 292 Å². The zero-order valence-electron chi connectivity index (χ0n) is 50.9. The van der Waals surface area contributed by atoms with Gasteiger partial charge in [-0.1, -0.05) is 178 Å². The van der Waals surface area contributed by atoms with Gasteiger partial charge in [0.15, 0.2) is 5.82 Å². The van der Waals surface area contributed by atoms with E-state index in [-0.39, 0.29) is 5.41 Å². The molecule has 0 aliphatic heterocycles. The van der Waals surface area contributed by atoms with Crippen molar-refractivity contribution in [3.63, 3.8) is 0 Å². The number of aryl methyl sites for hydroxylation is 11. The fraction of sp³-hybridized carbons (Fsp3) is 0.213. The third-order valence-corrected chi connectivity index (χ3v) is 14.2. The molecule has 0 unspecified atom stereocenters. The highest BCUT2D eigenvalue weighted by Crippen LogP contribution is 2.25. The van der Waals surface area contributed by atoms with Crippen LogP contribution in [0.4, 0.5) is 0 Å². The molecule has 416 valence electrons. The van der Waals surface area contributed by atoms with Gasteiger partial charge in [-0.2, -0.15) is 0 Å². The lowest BCUT2D eigenvalue weighted by atomic mass is 9.90. The van der Waals surface area contributed by atoms with E-state index in [1.807, 2.05) is 161 Å². The summed E-state index contributed by atoms with van der Waals surface area (Å²) in [5, 5.41) is 0. The van der Waals surface area contributed by atoms with Gasteiger partial charge >= 0.3 is 0 Å². The van der Waals surface area contributed by atoms with Crippen molar-refractivity contribution < 1.29 is 0 Å². The normalized spacial score (nSPS) is 10.4. The van der Waals surface area contributed by atoms with E-state index < -0.39 is 0 Å². The fourth-order valence-corrected chi connectivity index (χ4v) is 7.99. The van der Waals surface area contributed by atoms with Gasteiger partial charge < -0.3 is 0 Å². The Labute approximate surface area is 489 Å². The van der Waals surface area contributed by atoms with Gasteiger partial charge in [0.2, 0.25) is 0 Å². The average Bonchev–Trinajstić information content (AvgIpc) is 3.60. The third kappa shape index (κ3) is 18.8. The van der Waals surface area contributed by atoms with Gasteiger partial charge in [0.05, 0.1) is 22.8 Å². The van der Waals surface area contributed by atoms with Crippen molar-refractivity contribution >= 4 is 0 Å². The first kappa shape index (κ1) is 62.1. The van der Waals surface area contributed by atoms with Crippen LogP contribution in [0.2, 0.25) is 0 Å². The molecule has 0 saturated heterocycles. The van der Waals surface area contributed by atoms with Crippen molar-refractivity contribution in [1.82, 2.24) is 34.9 Å². The highest BCUT2D eigenvalue weighted by molar-refractivity contribution is 5.64. The molecular formula is C75H81N7. The van der Waals surface area contributed by atoms with E-state index in [1.165, 1.54) is 78.0 Å². The lowest BCUT2D eigenvalue weighted by Gasteiger charge is -2.18. The molecule has 0 amide bonds. The smallest absolute Gasteiger partial charge is 0.159 e. The van der Waals surface area contributed by atoms with Gasteiger partial charge in [0.25, 0.3) is 0 Å². The maximum atomic E-state index is 4.54. The van der Waals surface area contributed by atoms with Crippen LogP contribution >= 0.6 is 0 Å². The molecular weight excluding hydrogens is 999 g/mol. The van der Waals surface area contributed by atoms with Crippen LogP contribution in [0.3, 0.4) is 0 Å². The predicted molar refractivity (Wildman–Crippen MR) is 346 cm³/mol. The van der Waals surface area contributed by atoms with Gasteiger partial charge in [-0.15, -0.1) is 0 Å². The number of hydrogen-bond donors (Lipinski definition) is 0. The molecule has 0 aliphatic rings. The number of aromatic nitrogens is 7. The molecule has 11 rings (SSSR count). The van der Waals surface area contributed by atoms with Crippen molar-refractivity contribution in [3.8, 4) is 56.4 Å². The number of pyridine rings is 5. The summed E-state index contributed by atoms with van der Waals surface area (Å²) in [5.74, 6) is 0.800. The van der Waals surface area contributed by atoms with Gasteiger partial charge in [-0.05, 0) is 169 Å². The highest BCUT2D eigenvalue weighted by Gasteiger charge is 2.15. The Kier molecular flexibility index (Phi) is 23.1. The minimum atomic E-state index is 0.165. The van der Waals surface area contributed by atoms with Crippen LogP contribution in [-0.2, 0) is 5.41 Å². The molecule has 5 aromatic carbocycles. The SMILES string of the molecule is Cc1ccc(-c2ccccc2)nc1C.Cc1ccnc(-c2ccccc2)c1C.Cc1cnc(-c2ccccc2)cc1C.Cc1cnc(-c2ccccc2)cc1C.Cc1cnc(-c2ccccc2)nc1C.Cc1cnc(C(C)(C)C)cc1C. The quantitative estimate of drug-likeness (QED) is 0.170. The summed E-state index contributed by atoms with van der Waals surface area (Å²) < 4.78 is 0. The lowest BCUT2D eigenvalue weighted by Crippen LogP contribution is -2.13. The number of rotatable bonds is 5. The monoisotopic (exact) mass is 1080 g/mol. The molecule has 6 aromatic heterocycles. The Balaban J connectivity index is 0.000000158. The zero-order valence-corrected chi connectivity index (χ0v) is 50.9. The van der Waals surface area contributed by atoms with E-state index in [0.717, 1.165) is 51.1 Å². The Morgan fingerprint density at radius 3 is 1.09 bits per heavy atom. The second kappa shape index (κ2) is 30.5. The maximum Gasteiger partial charge on any atom is 0.159 e. The Hall–Kier alpha value is -9.07. The number of nitrogens with zero attached hydrogens (tertiary/aromatic N) is 7. The van der Waals surface area contributed by atoms with Crippen molar-refractivity contribution in [2.75, 3.05) is 0 Å². The number of hydrogen-bond acceptors (Lipinski definition) is 7. The lowest BCUT2D eigenvalue weighted by molar-refractivity contribution is 0.568. The first-order valence-corrected chi connectivity index (χ1v) is 28.0. The van der Waals surface area contributed by atoms with E-state index in [2.05, 4.69) is 197 Å². The summed E-state index contributed by atoms with van der Waals surface area (Å²) in [6, 6.07) is 63.7. The Morgan fingerprint density at radius 1 is 0.280 bits per heavy atom. The summed E-state index contributed by atoms with van der Waals surface area (Å²) in [5.41, 5.74) is 26.1. The summed E-state index contributed by atoms with van der Waals surface area (Å²) in [7, 11) is 0. The van der Waals surface area contributed by atoms with Crippen LogP contribution in [0, 0.1) is 83.1 Å². The molecule has 0 radical (unpaired) electrons. The fourth-order valence-electron chi connectivity index (χ4n) is 7.99. The second-order valence-electron chi connectivity index (χ2n) is 21.7. The minimum Gasteiger partial charge on any atom is -0.260 e. The van der Waals surface area contributed by atoms with Crippen molar-refractivity contribution in [1.29, 1.82) is 0 Å². The van der Waals surface area contributed by atoms with Crippen LogP contribution < -0.4 is 0 Å². The van der Waals surface area contributed by atoms with Crippen LogP contribution in [0.25, 0.3) is 56.4 Å². The standard InChI is InChI=1S/4C13H13N.C12H12N2.C11H17N/c2*1-10-8-13(14-9-11(10)2)12-6-4-3-5-7-12;1-10-8-9-14-13(11(10)2)12-6-4-3-5-7-12;1-10-8-9-13(14-11(10)2)12-6-4-3-5-7-12;1-9-8-13-12(14-10(9)2)11-6-4-3-5-7-11;1-8-6-10(11(3,4)5)12-7-9(8)2/h4*3-9H,1-2H3;3-8H,1-2H3;6-7H,1-5H3.